The van der Waals surface area contributed by atoms with Gasteiger partial charge in [-0.3, -0.25) is 0 Å². The Bertz CT molecular complexity index is 476. The largest absolute Gasteiger partial charge is 0.360 e. The van der Waals surface area contributed by atoms with Gasteiger partial charge in [0.2, 0.25) is 0 Å². The molecule has 2 fully saturated rings. The molecule has 2 heterocycles. The first-order valence-corrected chi connectivity index (χ1v) is 8.91. The van der Waals surface area contributed by atoms with Crippen LogP contribution in [0.5, 0.6) is 0 Å². The van der Waals surface area contributed by atoms with Crippen LogP contribution in [0.3, 0.4) is 0 Å². The normalized spacial score (nSPS) is 20.3. The third kappa shape index (κ3) is 4.08. The van der Waals surface area contributed by atoms with Gasteiger partial charge in [0.25, 0.3) is 0 Å². The van der Waals surface area contributed by atoms with Gasteiger partial charge in [-0.15, -0.1) is 0 Å². The fourth-order valence-corrected chi connectivity index (χ4v) is 3.66. The highest BCUT2D eigenvalue weighted by molar-refractivity contribution is 9.10. The van der Waals surface area contributed by atoms with Crippen molar-refractivity contribution in [2.45, 2.75) is 52.0 Å². The second kappa shape index (κ2) is 6.39. The molecule has 3 rings (SSSR count). The van der Waals surface area contributed by atoms with Crippen molar-refractivity contribution in [3.05, 3.63) is 15.9 Å². The van der Waals surface area contributed by atoms with Crippen LogP contribution in [0.2, 0.25) is 0 Å². The molecule has 1 aliphatic heterocycles. The van der Waals surface area contributed by atoms with Crippen LogP contribution in [-0.4, -0.2) is 36.2 Å². The van der Waals surface area contributed by atoms with Crippen LogP contribution in [0.25, 0.3) is 0 Å². The molecule has 4 nitrogen and oxygen atoms in total. The molecule has 1 N–H and O–H groups in total. The SMILES string of the molecule is CC(C)(CNCc1c(Br)noc1C1CC1)CN1CCCC1. The van der Waals surface area contributed by atoms with E-state index in [-0.39, 0.29) is 0 Å². The van der Waals surface area contributed by atoms with Crippen molar-refractivity contribution in [1.82, 2.24) is 15.4 Å². The molecule has 0 atom stereocenters. The van der Waals surface area contributed by atoms with Crippen molar-refractivity contribution >= 4 is 15.9 Å². The molecule has 1 saturated heterocycles. The van der Waals surface area contributed by atoms with Crippen molar-refractivity contribution in [2.24, 2.45) is 5.41 Å². The third-order valence-corrected chi connectivity index (χ3v) is 5.10. The summed E-state index contributed by atoms with van der Waals surface area (Å²) in [6, 6.07) is 0. The first-order valence-electron chi connectivity index (χ1n) is 8.12. The predicted molar refractivity (Wildman–Crippen MR) is 87.3 cm³/mol. The minimum absolute atomic E-state index is 0.299. The first-order chi connectivity index (χ1) is 10.1. The van der Waals surface area contributed by atoms with Crippen molar-refractivity contribution in [2.75, 3.05) is 26.2 Å². The smallest absolute Gasteiger partial charge is 0.153 e. The summed E-state index contributed by atoms with van der Waals surface area (Å²) in [7, 11) is 0. The topological polar surface area (TPSA) is 41.3 Å². The molecule has 1 saturated carbocycles. The molecule has 5 heteroatoms. The molecular formula is C16H26BrN3O. The van der Waals surface area contributed by atoms with Crippen molar-refractivity contribution in [3.8, 4) is 0 Å². The van der Waals surface area contributed by atoms with Gasteiger partial charge in [0.05, 0.1) is 0 Å². The lowest BCUT2D eigenvalue weighted by Crippen LogP contribution is -2.39. The van der Waals surface area contributed by atoms with Crippen LogP contribution < -0.4 is 5.32 Å². The Labute approximate surface area is 135 Å². The second-order valence-corrected chi connectivity index (χ2v) is 8.09. The summed E-state index contributed by atoms with van der Waals surface area (Å²) in [5.74, 6) is 1.70. The number of nitrogens with one attached hydrogen (secondary N) is 1. The van der Waals surface area contributed by atoms with Gasteiger partial charge in [0, 0.05) is 31.1 Å². The minimum atomic E-state index is 0.299. The summed E-state index contributed by atoms with van der Waals surface area (Å²) in [5.41, 5.74) is 1.52. The van der Waals surface area contributed by atoms with Gasteiger partial charge in [0.15, 0.2) is 4.60 Å². The molecular weight excluding hydrogens is 330 g/mol. The number of rotatable bonds is 7. The predicted octanol–water partition coefficient (Wildman–Crippen LogP) is 3.53. The fraction of sp³-hybridized carbons (Fsp3) is 0.812. The quantitative estimate of drug-likeness (QED) is 0.812. The Hall–Kier alpha value is -0.390. The van der Waals surface area contributed by atoms with E-state index >= 15 is 0 Å². The van der Waals surface area contributed by atoms with Crippen LogP contribution in [0.1, 0.15) is 56.8 Å². The highest BCUT2D eigenvalue weighted by atomic mass is 79.9. The summed E-state index contributed by atoms with van der Waals surface area (Å²) in [4.78, 5) is 2.59. The highest BCUT2D eigenvalue weighted by Gasteiger charge is 2.32. The Balaban J connectivity index is 1.49. The number of aromatic nitrogens is 1. The molecule has 0 unspecified atom stereocenters. The monoisotopic (exact) mass is 355 g/mol. The van der Waals surface area contributed by atoms with Crippen LogP contribution in [0.4, 0.5) is 0 Å². The Morgan fingerprint density at radius 2 is 2.05 bits per heavy atom. The Morgan fingerprint density at radius 3 is 2.71 bits per heavy atom. The molecule has 21 heavy (non-hydrogen) atoms. The van der Waals surface area contributed by atoms with E-state index in [1.165, 1.54) is 50.9 Å². The Morgan fingerprint density at radius 1 is 1.33 bits per heavy atom. The number of likely N-dealkylation sites (tertiary alicyclic amines) is 1. The average molecular weight is 356 g/mol. The lowest BCUT2D eigenvalue weighted by molar-refractivity contribution is 0.203. The maximum atomic E-state index is 5.46. The van der Waals surface area contributed by atoms with Gasteiger partial charge in [0.1, 0.15) is 5.76 Å². The molecule has 0 spiro atoms. The lowest BCUT2D eigenvalue weighted by Gasteiger charge is -2.30. The molecule has 1 aromatic heterocycles. The maximum Gasteiger partial charge on any atom is 0.153 e. The molecule has 2 aliphatic rings. The maximum absolute atomic E-state index is 5.46. The van der Waals surface area contributed by atoms with E-state index in [4.69, 9.17) is 4.52 Å². The summed E-state index contributed by atoms with van der Waals surface area (Å²) in [6.07, 6.45) is 5.22. The number of halogens is 1. The van der Waals surface area contributed by atoms with Gasteiger partial charge < -0.3 is 14.7 Å². The van der Waals surface area contributed by atoms with Gasteiger partial charge >= 0.3 is 0 Å². The first kappa shape index (κ1) is 15.5. The molecule has 0 bridgehead atoms. The number of nitrogens with zero attached hydrogens (tertiary/aromatic N) is 2. The van der Waals surface area contributed by atoms with E-state index in [1.54, 1.807) is 0 Å². The molecule has 1 aromatic rings. The highest BCUT2D eigenvalue weighted by Crippen LogP contribution is 2.43. The van der Waals surface area contributed by atoms with Crippen LogP contribution in [-0.2, 0) is 6.54 Å². The van der Waals surface area contributed by atoms with E-state index in [0.717, 1.165) is 23.5 Å². The summed E-state index contributed by atoms with van der Waals surface area (Å²) >= 11 is 3.51. The molecule has 0 amide bonds. The standard InChI is InChI=1S/C16H26BrN3O/c1-16(2,11-20-7-3-4-8-20)10-18-9-13-14(12-5-6-12)21-19-15(13)17/h12,18H,3-11H2,1-2H3. The van der Waals surface area contributed by atoms with E-state index < -0.39 is 0 Å². The summed E-state index contributed by atoms with van der Waals surface area (Å²) in [6.45, 7) is 10.3. The number of hydrogen-bond acceptors (Lipinski definition) is 4. The zero-order chi connectivity index (χ0) is 14.9. The summed E-state index contributed by atoms with van der Waals surface area (Å²) in [5, 5.41) is 7.68. The van der Waals surface area contributed by atoms with E-state index in [1.807, 2.05) is 0 Å². The molecule has 1 aliphatic carbocycles. The van der Waals surface area contributed by atoms with Crippen LogP contribution in [0, 0.1) is 5.41 Å². The lowest BCUT2D eigenvalue weighted by atomic mass is 9.92. The molecule has 118 valence electrons. The van der Waals surface area contributed by atoms with E-state index in [0.29, 0.717) is 11.3 Å². The van der Waals surface area contributed by atoms with Crippen molar-refractivity contribution < 1.29 is 4.52 Å². The second-order valence-electron chi connectivity index (χ2n) is 7.34. The summed E-state index contributed by atoms with van der Waals surface area (Å²) < 4.78 is 6.33. The van der Waals surface area contributed by atoms with E-state index in [9.17, 15) is 0 Å². The number of hydrogen-bond donors (Lipinski definition) is 1. The van der Waals surface area contributed by atoms with Crippen LogP contribution >= 0.6 is 15.9 Å². The molecule has 0 aromatic carbocycles. The van der Waals surface area contributed by atoms with Gasteiger partial charge in [-0.05, 0) is 60.1 Å². The fourth-order valence-electron chi connectivity index (χ4n) is 3.26. The van der Waals surface area contributed by atoms with Crippen molar-refractivity contribution in [3.63, 3.8) is 0 Å². The minimum Gasteiger partial charge on any atom is -0.360 e. The zero-order valence-electron chi connectivity index (χ0n) is 13.1. The Kier molecular flexibility index (Phi) is 4.71. The van der Waals surface area contributed by atoms with Crippen LogP contribution in [0.15, 0.2) is 9.13 Å². The van der Waals surface area contributed by atoms with E-state index in [2.05, 4.69) is 45.2 Å². The average Bonchev–Trinajstić information content (AvgIpc) is 3.03. The third-order valence-electron chi connectivity index (χ3n) is 4.47. The zero-order valence-corrected chi connectivity index (χ0v) is 14.7. The van der Waals surface area contributed by atoms with Gasteiger partial charge in [-0.2, -0.15) is 0 Å². The van der Waals surface area contributed by atoms with Gasteiger partial charge in [-0.1, -0.05) is 19.0 Å². The van der Waals surface area contributed by atoms with Gasteiger partial charge in [-0.25, -0.2) is 0 Å². The molecule has 0 radical (unpaired) electrons. The van der Waals surface area contributed by atoms with Crippen molar-refractivity contribution in [1.29, 1.82) is 0 Å².